The Bertz CT molecular complexity index is 649. The lowest BCUT2D eigenvalue weighted by molar-refractivity contribution is -0.124. The van der Waals surface area contributed by atoms with E-state index in [4.69, 9.17) is 4.98 Å². The fourth-order valence-corrected chi connectivity index (χ4v) is 3.38. The van der Waals surface area contributed by atoms with Crippen molar-refractivity contribution < 1.29 is 4.79 Å². The number of carbonyl (C=O) groups is 1. The molecule has 21 heavy (non-hydrogen) atoms. The molecule has 1 amide bonds. The molecule has 1 aliphatic heterocycles. The summed E-state index contributed by atoms with van der Waals surface area (Å²) in [6, 6.07) is 10.2. The summed E-state index contributed by atoms with van der Waals surface area (Å²) in [6.07, 6.45) is 0. The van der Waals surface area contributed by atoms with E-state index in [0.717, 1.165) is 34.4 Å². The predicted molar refractivity (Wildman–Crippen MR) is 85.1 cm³/mol. The van der Waals surface area contributed by atoms with Crippen LogP contribution in [-0.4, -0.2) is 21.2 Å². The van der Waals surface area contributed by atoms with Crippen LogP contribution in [0.1, 0.15) is 19.5 Å². The van der Waals surface area contributed by atoms with Crippen molar-refractivity contribution in [1.29, 1.82) is 0 Å². The van der Waals surface area contributed by atoms with Crippen LogP contribution in [0.5, 0.6) is 0 Å². The van der Waals surface area contributed by atoms with Gasteiger partial charge in [0.25, 0.3) is 0 Å². The van der Waals surface area contributed by atoms with Gasteiger partial charge in [0.15, 0.2) is 5.16 Å². The van der Waals surface area contributed by atoms with E-state index in [-0.39, 0.29) is 11.8 Å². The van der Waals surface area contributed by atoms with Crippen molar-refractivity contribution >= 4 is 17.7 Å². The number of benzene rings is 1. The third-order valence-corrected chi connectivity index (χ3v) is 4.54. The smallest absolute Gasteiger partial charge is 0.222 e. The minimum atomic E-state index is 0.000482. The first-order valence-corrected chi connectivity index (χ1v) is 8.20. The number of thioether (sulfide) groups is 1. The lowest BCUT2D eigenvalue weighted by Gasteiger charge is -2.11. The molecule has 5 heteroatoms. The number of hydrogen-bond donors (Lipinski definition) is 1. The van der Waals surface area contributed by atoms with Gasteiger partial charge in [-0.1, -0.05) is 55.9 Å². The van der Waals surface area contributed by atoms with Gasteiger partial charge in [0.1, 0.15) is 0 Å². The molecule has 0 saturated carbocycles. The van der Waals surface area contributed by atoms with Crippen LogP contribution in [0.2, 0.25) is 0 Å². The highest BCUT2D eigenvalue weighted by Gasteiger charge is 2.22. The summed E-state index contributed by atoms with van der Waals surface area (Å²) >= 11 is 1.78. The summed E-state index contributed by atoms with van der Waals surface area (Å²) in [4.78, 5) is 16.6. The van der Waals surface area contributed by atoms with Crippen molar-refractivity contribution in [3.8, 4) is 11.3 Å². The maximum absolute atomic E-state index is 11.8. The van der Waals surface area contributed by atoms with Crippen molar-refractivity contribution in [2.75, 3.05) is 5.75 Å². The monoisotopic (exact) mass is 301 g/mol. The van der Waals surface area contributed by atoms with Gasteiger partial charge in [-0.15, -0.1) is 0 Å². The first-order valence-electron chi connectivity index (χ1n) is 7.22. The van der Waals surface area contributed by atoms with Gasteiger partial charge in [0.2, 0.25) is 5.91 Å². The lowest BCUT2D eigenvalue weighted by atomic mass is 10.1. The van der Waals surface area contributed by atoms with Crippen LogP contribution >= 0.6 is 11.8 Å². The van der Waals surface area contributed by atoms with Crippen LogP contribution in [0.4, 0.5) is 0 Å². The highest BCUT2D eigenvalue weighted by molar-refractivity contribution is 7.99. The van der Waals surface area contributed by atoms with Gasteiger partial charge >= 0.3 is 0 Å². The lowest BCUT2D eigenvalue weighted by Crippen LogP contribution is -2.28. The van der Waals surface area contributed by atoms with Crippen molar-refractivity contribution in [2.24, 2.45) is 5.92 Å². The minimum Gasteiger partial charge on any atom is -0.350 e. The van der Waals surface area contributed by atoms with Gasteiger partial charge in [-0.3, -0.25) is 4.79 Å². The molecule has 0 fully saturated rings. The molecule has 2 heterocycles. The molecule has 3 rings (SSSR count). The molecule has 0 saturated heterocycles. The Morgan fingerprint density at radius 3 is 2.86 bits per heavy atom. The molecule has 1 aliphatic rings. The van der Waals surface area contributed by atoms with Crippen LogP contribution in [0.3, 0.4) is 0 Å². The molecule has 0 spiro atoms. The van der Waals surface area contributed by atoms with Gasteiger partial charge in [-0.25, -0.2) is 4.98 Å². The van der Waals surface area contributed by atoms with E-state index in [2.05, 4.69) is 22.0 Å². The Kier molecular flexibility index (Phi) is 4.01. The maximum atomic E-state index is 11.8. The number of nitrogens with zero attached hydrogens (tertiary/aromatic N) is 2. The molecule has 0 atom stereocenters. The van der Waals surface area contributed by atoms with Gasteiger partial charge in [0.05, 0.1) is 17.9 Å². The summed E-state index contributed by atoms with van der Waals surface area (Å²) in [7, 11) is 0. The number of amides is 1. The molecule has 0 bridgehead atoms. The van der Waals surface area contributed by atoms with Crippen molar-refractivity contribution in [3.05, 3.63) is 36.0 Å². The first kappa shape index (κ1) is 14.2. The zero-order valence-corrected chi connectivity index (χ0v) is 13.1. The molecule has 0 radical (unpaired) electrons. The number of rotatable bonds is 4. The largest absolute Gasteiger partial charge is 0.350 e. The molecule has 1 N–H and O–H groups in total. The quantitative estimate of drug-likeness (QED) is 0.944. The van der Waals surface area contributed by atoms with Crippen molar-refractivity contribution in [3.63, 3.8) is 0 Å². The maximum Gasteiger partial charge on any atom is 0.222 e. The molecular weight excluding hydrogens is 282 g/mol. The first-order chi connectivity index (χ1) is 10.2. The molecule has 110 valence electrons. The second-order valence-corrected chi connectivity index (χ2v) is 6.49. The summed E-state index contributed by atoms with van der Waals surface area (Å²) in [6.45, 7) is 5.32. The molecule has 1 aromatic heterocycles. The average Bonchev–Trinajstić information content (AvgIpc) is 3.06. The van der Waals surface area contributed by atoms with Gasteiger partial charge in [0, 0.05) is 23.8 Å². The Balaban J connectivity index is 1.92. The number of nitrogens with one attached hydrogen (secondary N) is 1. The molecular formula is C16H19N3OS. The number of imidazole rings is 1. The highest BCUT2D eigenvalue weighted by Crippen LogP contribution is 2.33. The van der Waals surface area contributed by atoms with Gasteiger partial charge in [-0.2, -0.15) is 0 Å². The van der Waals surface area contributed by atoms with Gasteiger partial charge in [-0.05, 0) is 0 Å². The van der Waals surface area contributed by atoms with E-state index in [1.54, 1.807) is 11.8 Å². The van der Waals surface area contributed by atoms with E-state index >= 15 is 0 Å². The summed E-state index contributed by atoms with van der Waals surface area (Å²) < 4.78 is 2.23. The molecule has 1 aromatic carbocycles. The SMILES string of the molecule is CC(C)C(=O)NCc1c(-c2ccccc2)nc2n1CCS2. The van der Waals surface area contributed by atoms with Crippen LogP contribution in [-0.2, 0) is 17.9 Å². The molecule has 0 aliphatic carbocycles. The van der Waals surface area contributed by atoms with Crippen LogP contribution in [0, 0.1) is 5.92 Å². The predicted octanol–water partition coefficient (Wildman–Crippen LogP) is 2.93. The summed E-state index contributed by atoms with van der Waals surface area (Å²) in [5.74, 6) is 1.14. The molecule has 0 unspecified atom stereocenters. The van der Waals surface area contributed by atoms with E-state index in [1.165, 1.54) is 0 Å². The van der Waals surface area contributed by atoms with Crippen molar-refractivity contribution in [1.82, 2.24) is 14.9 Å². The standard InChI is InChI=1S/C16H19N3OS/c1-11(2)15(20)17-10-13-14(12-6-4-3-5-7-12)18-16-19(13)8-9-21-16/h3-7,11H,8-10H2,1-2H3,(H,17,20). The average molecular weight is 301 g/mol. The van der Waals surface area contributed by atoms with E-state index in [0.29, 0.717) is 6.54 Å². The molecule has 2 aromatic rings. The Morgan fingerprint density at radius 1 is 1.38 bits per heavy atom. The third kappa shape index (κ3) is 2.83. The second kappa shape index (κ2) is 5.93. The number of fused-ring (bicyclic) bond motifs is 1. The van der Waals surface area contributed by atoms with Crippen LogP contribution < -0.4 is 5.32 Å². The Morgan fingerprint density at radius 2 is 2.14 bits per heavy atom. The Hall–Kier alpha value is -1.75. The Labute approximate surface area is 129 Å². The number of carbonyl (C=O) groups excluding carboxylic acids is 1. The zero-order valence-electron chi connectivity index (χ0n) is 12.3. The fourth-order valence-electron chi connectivity index (χ4n) is 2.41. The fraction of sp³-hybridized carbons (Fsp3) is 0.375. The van der Waals surface area contributed by atoms with Gasteiger partial charge < -0.3 is 9.88 Å². The summed E-state index contributed by atoms with van der Waals surface area (Å²) in [5.41, 5.74) is 3.20. The normalized spacial score (nSPS) is 13.5. The zero-order chi connectivity index (χ0) is 14.8. The summed E-state index contributed by atoms with van der Waals surface area (Å²) in [5, 5.41) is 4.07. The second-order valence-electron chi connectivity index (χ2n) is 5.43. The minimum absolute atomic E-state index is 0.000482. The molecule has 4 nitrogen and oxygen atoms in total. The topological polar surface area (TPSA) is 46.9 Å². The number of hydrogen-bond acceptors (Lipinski definition) is 3. The highest BCUT2D eigenvalue weighted by atomic mass is 32.2. The van der Waals surface area contributed by atoms with E-state index < -0.39 is 0 Å². The van der Waals surface area contributed by atoms with E-state index in [9.17, 15) is 4.79 Å². The van der Waals surface area contributed by atoms with E-state index in [1.807, 2.05) is 32.0 Å². The third-order valence-electron chi connectivity index (χ3n) is 3.59. The van der Waals surface area contributed by atoms with Crippen LogP contribution in [0.15, 0.2) is 35.5 Å². The van der Waals surface area contributed by atoms with Crippen molar-refractivity contribution in [2.45, 2.75) is 32.1 Å². The number of aromatic nitrogens is 2. The van der Waals surface area contributed by atoms with Crippen LogP contribution in [0.25, 0.3) is 11.3 Å².